The zero-order valence-corrected chi connectivity index (χ0v) is 16.8. The molecule has 0 aliphatic carbocycles. The van der Waals surface area contributed by atoms with E-state index in [1.807, 2.05) is 17.0 Å². The Bertz CT molecular complexity index is 895. The van der Waals surface area contributed by atoms with Gasteiger partial charge in [-0.2, -0.15) is 4.98 Å². The molecule has 0 spiro atoms. The van der Waals surface area contributed by atoms with E-state index >= 15 is 0 Å². The first-order chi connectivity index (χ1) is 14.8. The van der Waals surface area contributed by atoms with Crippen molar-refractivity contribution in [2.45, 2.75) is 37.5 Å². The number of nitrogens with one attached hydrogen (secondary N) is 1. The summed E-state index contributed by atoms with van der Waals surface area (Å²) in [6.45, 7) is 3.80. The van der Waals surface area contributed by atoms with E-state index in [1.54, 1.807) is 6.07 Å². The van der Waals surface area contributed by atoms with Gasteiger partial charge in [-0.05, 0) is 37.8 Å². The maximum Gasteiger partial charge on any atom is 0.321 e. The monoisotopic (exact) mass is 414 g/mol. The molecule has 5 rings (SSSR count). The summed E-state index contributed by atoms with van der Waals surface area (Å²) >= 11 is 0. The number of rotatable bonds is 3. The number of benzene rings is 1. The van der Waals surface area contributed by atoms with Crippen LogP contribution in [0.25, 0.3) is 0 Å². The number of ether oxygens (including phenoxy) is 3. The molecule has 3 aliphatic heterocycles. The third-order valence-electron chi connectivity index (χ3n) is 5.90. The normalized spacial score (nSPS) is 22.0. The number of amides is 2. The molecule has 3 aliphatic rings. The predicted molar refractivity (Wildman–Crippen MR) is 107 cm³/mol. The minimum atomic E-state index is -0.138. The maximum absolute atomic E-state index is 12.8. The summed E-state index contributed by atoms with van der Waals surface area (Å²) in [6, 6.07) is 5.30. The van der Waals surface area contributed by atoms with Crippen LogP contribution in [-0.4, -0.2) is 60.6 Å². The van der Waals surface area contributed by atoms with Crippen molar-refractivity contribution in [3.63, 3.8) is 0 Å². The fourth-order valence-corrected chi connectivity index (χ4v) is 4.22. The Kier molecular flexibility index (Phi) is 5.44. The van der Waals surface area contributed by atoms with Crippen molar-refractivity contribution in [1.82, 2.24) is 15.0 Å². The standard InChI is InChI=1S/C21H26N4O5/c26-21(22-16-3-4-17-18(12-16)29-11-10-28-17)25-7-1-2-15(13-25)20-23-19(24-30-20)14-5-8-27-9-6-14/h3-4,12,14-15H,1-2,5-11,13H2,(H,22,26). The summed E-state index contributed by atoms with van der Waals surface area (Å²) in [5.74, 6) is 3.12. The second kappa shape index (κ2) is 8.51. The van der Waals surface area contributed by atoms with Crippen molar-refractivity contribution in [3.8, 4) is 11.5 Å². The molecule has 1 aromatic carbocycles. The first kappa shape index (κ1) is 19.2. The van der Waals surface area contributed by atoms with Gasteiger partial charge < -0.3 is 29.0 Å². The van der Waals surface area contributed by atoms with Gasteiger partial charge in [0.05, 0.1) is 5.92 Å². The van der Waals surface area contributed by atoms with E-state index in [0.29, 0.717) is 55.3 Å². The van der Waals surface area contributed by atoms with Crippen LogP contribution < -0.4 is 14.8 Å². The number of fused-ring (bicyclic) bond motifs is 1. The lowest BCUT2D eigenvalue weighted by molar-refractivity contribution is 0.0830. The Morgan fingerprint density at radius 2 is 1.87 bits per heavy atom. The molecule has 1 N–H and O–H groups in total. The molecule has 2 fully saturated rings. The average molecular weight is 414 g/mol. The van der Waals surface area contributed by atoms with E-state index in [-0.39, 0.29) is 11.9 Å². The first-order valence-corrected chi connectivity index (χ1v) is 10.6. The van der Waals surface area contributed by atoms with Gasteiger partial charge in [-0.1, -0.05) is 5.16 Å². The highest BCUT2D eigenvalue weighted by atomic mass is 16.6. The Balaban J connectivity index is 1.22. The van der Waals surface area contributed by atoms with Crippen LogP contribution in [0.4, 0.5) is 10.5 Å². The lowest BCUT2D eigenvalue weighted by atomic mass is 9.97. The van der Waals surface area contributed by atoms with Gasteiger partial charge in [0.2, 0.25) is 5.89 Å². The van der Waals surface area contributed by atoms with Crippen molar-refractivity contribution in [3.05, 3.63) is 29.9 Å². The maximum atomic E-state index is 12.8. The lowest BCUT2D eigenvalue weighted by Crippen LogP contribution is -2.41. The summed E-state index contributed by atoms with van der Waals surface area (Å²) in [6.07, 6.45) is 3.68. The van der Waals surface area contributed by atoms with Gasteiger partial charge in [-0.3, -0.25) is 0 Å². The molecule has 30 heavy (non-hydrogen) atoms. The second-order valence-electron chi connectivity index (χ2n) is 7.95. The van der Waals surface area contributed by atoms with Crippen LogP contribution in [0, 0.1) is 0 Å². The van der Waals surface area contributed by atoms with Crippen LogP contribution in [0.1, 0.15) is 49.2 Å². The molecule has 2 amide bonds. The molecule has 0 bridgehead atoms. The number of hydrogen-bond acceptors (Lipinski definition) is 7. The Hall–Kier alpha value is -2.81. The summed E-state index contributed by atoms with van der Waals surface area (Å²) in [5, 5.41) is 7.17. The van der Waals surface area contributed by atoms with Crippen LogP contribution in [0.15, 0.2) is 22.7 Å². The molecule has 1 unspecified atom stereocenters. The molecule has 1 aromatic heterocycles. The topological polar surface area (TPSA) is 99.0 Å². The van der Waals surface area contributed by atoms with Gasteiger partial charge in [0, 0.05) is 44.0 Å². The fourth-order valence-electron chi connectivity index (χ4n) is 4.22. The van der Waals surface area contributed by atoms with Crippen LogP contribution in [0.2, 0.25) is 0 Å². The predicted octanol–water partition coefficient (Wildman–Crippen LogP) is 3.15. The van der Waals surface area contributed by atoms with Crippen LogP contribution in [-0.2, 0) is 4.74 Å². The smallest absolute Gasteiger partial charge is 0.321 e. The van der Waals surface area contributed by atoms with Crippen molar-refractivity contribution in [1.29, 1.82) is 0 Å². The van der Waals surface area contributed by atoms with Gasteiger partial charge in [-0.15, -0.1) is 0 Å². The molecule has 0 saturated carbocycles. The van der Waals surface area contributed by atoms with Crippen molar-refractivity contribution < 1.29 is 23.5 Å². The van der Waals surface area contributed by atoms with Gasteiger partial charge in [0.25, 0.3) is 0 Å². The highest BCUT2D eigenvalue weighted by Gasteiger charge is 2.30. The highest BCUT2D eigenvalue weighted by molar-refractivity contribution is 5.89. The molecule has 2 saturated heterocycles. The van der Waals surface area contributed by atoms with Gasteiger partial charge >= 0.3 is 6.03 Å². The Morgan fingerprint density at radius 3 is 2.73 bits per heavy atom. The third-order valence-corrected chi connectivity index (χ3v) is 5.90. The SMILES string of the molecule is O=C(Nc1ccc2c(c1)OCCO2)N1CCCC(c2nc(C3CCOCC3)no2)C1. The molecular weight excluding hydrogens is 388 g/mol. The molecule has 9 nitrogen and oxygen atoms in total. The van der Waals surface area contributed by atoms with E-state index in [0.717, 1.165) is 44.7 Å². The quantitative estimate of drug-likeness (QED) is 0.824. The summed E-state index contributed by atoms with van der Waals surface area (Å²) < 4.78 is 22.1. The molecular formula is C21H26N4O5. The fraction of sp³-hybridized carbons (Fsp3) is 0.571. The molecule has 4 heterocycles. The van der Waals surface area contributed by atoms with Gasteiger partial charge in [0.1, 0.15) is 13.2 Å². The Morgan fingerprint density at radius 1 is 1.03 bits per heavy atom. The summed E-state index contributed by atoms with van der Waals surface area (Å²) in [7, 11) is 0. The largest absolute Gasteiger partial charge is 0.486 e. The molecule has 1 atom stereocenters. The van der Waals surface area contributed by atoms with E-state index in [1.165, 1.54) is 0 Å². The van der Waals surface area contributed by atoms with E-state index in [4.69, 9.17) is 18.7 Å². The highest BCUT2D eigenvalue weighted by Crippen LogP contribution is 2.33. The summed E-state index contributed by atoms with van der Waals surface area (Å²) in [5.41, 5.74) is 0.686. The zero-order chi connectivity index (χ0) is 20.3. The zero-order valence-electron chi connectivity index (χ0n) is 16.8. The van der Waals surface area contributed by atoms with Crippen molar-refractivity contribution in [2.75, 3.05) is 44.8 Å². The summed E-state index contributed by atoms with van der Waals surface area (Å²) in [4.78, 5) is 19.3. The molecule has 0 radical (unpaired) electrons. The lowest BCUT2D eigenvalue weighted by Gasteiger charge is -2.31. The van der Waals surface area contributed by atoms with E-state index in [9.17, 15) is 4.79 Å². The number of urea groups is 1. The van der Waals surface area contributed by atoms with Crippen molar-refractivity contribution >= 4 is 11.7 Å². The van der Waals surface area contributed by atoms with Crippen LogP contribution in [0.5, 0.6) is 11.5 Å². The molecule has 2 aromatic rings. The minimum Gasteiger partial charge on any atom is -0.486 e. The number of hydrogen-bond donors (Lipinski definition) is 1. The molecule has 9 heteroatoms. The van der Waals surface area contributed by atoms with Crippen LogP contribution >= 0.6 is 0 Å². The van der Waals surface area contributed by atoms with E-state index < -0.39 is 0 Å². The van der Waals surface area contributed by atoms with Gasteiger partial charge in [-0.25, -0.2) is 4.79 Å². The third kappa shape index (κ3) is 4.07. The van der Waals surface area contributed by atoms with E-state index in [2.05, 4.69) is 15.5 Å². The number of likely N-dealkylation sites (tertiary alicyclic amines) is 1. The number of carbonyl (C=O) groups is 1. The van der Waals surface area contributed by atoms with Crippen molar-refractivity contribution in [2.24, 2.45) is 0 Å². The number of anilines is 1. The van der Waals surface area contributed by atoms with Gasteiger partial charge in [0.15, 0.2) is 17.3 Å². The van der Waals surface area contributed by atoms with Crippen LogP contribution in [0.3, 0.4) is 0 Å². The Labute approximate surface area is 174 Å². The first-order valence-electron chi connectivity index (χ1n) is 10.6. The second-order valence-corrected chi connectivity index (χ2v) is 7.95. The average Bonchev–Trinajstić information content (AvgIpc) is 3.30. The number of piperidine rings is 1. The molecule has 160 valence electrons. The number of aromatic nitrogens is 2. The number of nitrogens with zero attached hydrogens (tertiary/aromatic N) is 3. The number of carbonyl (C=O) groups excluding carboxylic acids is 1. The minimum absolute atomic E-state index is 0.0610.